The van der Waals surface area contributed by atoms with Gasteiger partial charge < -0.3 is 10.4 Å². The number of hydrogen-bond donors (Lipinski definition) is 2. The van der Waals surface area contributed by atoms with E-state index in [1.807, 2.05) is 0 Å². The summed E-state index contributed by atoms with van der Waals surface area (Å²) in [6.07, 6.45) is 4.52. The summed E-state index contributed by atoms with van der Waals surface area (Å²) in [7, 11) is 0. The van der Waals surface area contributed by atoms with Gasteiger partial charge in [-0.25, -0.2) is 4.39 Å². The van der Waals surface area contributed by atoms with Crippen LogP contribution in [0.15, 0.2) is 24.3 Å². The Morgan fingerprint density at radius 1 is 1.43 bits per heavy atom. The maximum atomic E-state index is 13.5. The smallest absolute Gasteiger partial charge is 0.305 e. The van der Waals surface area contributed by atoms with Crippen molar-refractivity contribution in [3.8, 4) is 0 Å². The van der Waals surface area contributed by atoms with Crippen LogP contribution in [0.1, 0.15) is 31.2 Å². The maximum Gasteiger partial charge on any atom is 0.305 e. The quantitative estimate of drug-likeness (QED) is 0.821. The van der Waals surface area contributed by atoms with Crippen molar-refractivity contribution in [2.75, 3.05) is 0 Å². The number of hydrogen-bond acceptors (Lipinski definition) is 2. The summed E-state index contributed by atoms with van der Waals surface area (Å²) < 4.78 is 13.5. The Kier molecular flexibility index (Phi) is 4.63. The molecule has 2 rings (SSSR count). The van der Waals surface area contributed by atoms with E-state index in [-0.39, 0.29) is 17.0 Å². The average Bonchev–Trinajstić information content (AvgIpc) is 2.35. The van der Waals surface area contributed by atoms with E-state index in [4.69, 9.17) is 16.7 Å². The van der Waals surface area contributed by atoms with E-state index < -0.39 is 23.2 Å². The molecule has 2 N–H and O–H groups in total. The molecule has 0 bridgehead atoms. The van der Waals surface area contributed by atoms with E-state index in [0.717, 1.165) is 6.42 Å². The first-order valence-electron chi connectivity index (χ1n) is 6.58. The molecule has 1 aromatic rings. The molecule has 0 spiro atoms. The van der Waals surface area contributed by atoms with Crippen molar-refractivity contribution < 1.29 is 19.1 Å². The molecule has 1 saturated carbocycles. The van der Waals surface area contributed by atoms with Crippen LogP contribution in [0, 0.1) is 5.82 Å². The third kappa shape index (κ3) is 3.82. The van der Waals surface area contributed by atoms with Crippen molar-refractivity contribution in [1.29, 1.82) is 0 Å². The molecule has 0 saturated heterocycles. The van der Waals surface area contributed by atoms with Crippen LogP contribution < -0.4 is 5.32 Å². The summed E-state index contributed by atoms with van der Waals surface area (Å²) in [6.45, 7) is 0. The molecule has 0 atom stereocenters. The average molecular weight is 312 g/mol. The Bertz CT molecular complexity index is 576. The van der Waals surface area contributed by atoms with Crippen molar-refractivity contribution in [3.05, 3.63) is 40.7 Å². The lowest BCUT2D eigenvalue weighted by Gasteiger charge is -2.41. The zero-order valence-corrected chi connectivity index (χ0v) is 12.0. The van der Waals surface area contributed by atoms with Gasteiger partial charge in [-0.3, -0.25) is 9.59 Å². The number of nitrogens with one attached hydrogen (secondary N) is 1. The molecule has 0 radical (unpaired) electrons. The van der Waals surface area contributed by atoms with E-state index in [2.05, 4.69) is 5.32 Å². The molecule has 4 nitrogen and oxygen atoms in total. The van der Waals surface area contributed by atoms with Crippen LogP contribution in [-0.4, -0.2) is 22.5 Å². The first-order chi connectivity index (χ1) is 9.92. The van der Waals surface area contributed by atoms with Gasteiger partial charge in [-0.05, 0) is 37.5 Å². The molecule has 1 aliphatic carbocycles. The van der Waals surface area contributed by atoms with Gasteiger partial charge in [-0.15, -0.1) is 0 Å². The van der Waals surface area contributed by atoms with Gasteiger partial charge in [0.15, 0.2) is 0 Å². The Balaban J connectivity index is 2.04. The van der Waals surface area contributed by atoms with Gasteiger partial charge in [0.25, 0.3) is 0 Å². The minimum absolute atomic E-state index is 0.104. The maximum absolute atomic E-state index is 13.5. The number of carbonyl (C=O) groups excluding carboxylic acids is 1. The lowest BCUT2D eigenvalue weighted by molar-refractivity contribution is -0.140. The van der Waals surface area contributed by atoms with Crippen LogP contribution >= 0.6 is 11.6 Å². The highest BCUT2D eigenvalue weighted by atomic mass is 35.5. The first kappa shape index (κ1) is 15.5. The highest BCUT2D eigenvalue weighted by molar-refractivity contribution is 6.32. The van der Waals surface area contributed by atoms with Gasteiger partial charge >= 0.3 is 5.97 Å². The number of aliphatic carboxylic acids is 1. The molecule has 1 aliphatic rings. The van der Waals surface area contributed by atoms with E-state index in [1.54, 1.807) is 0 Å². The fourth-order valence-corrected chi connectivity index (χ4v) is 2.60. The molecule has 112 valence electrons. The summed E-state index contributed by atoms with van der Waals surface area (Å²) >= 11 is 5.85. The van der Waals surface area contributed by atoms with Gasteiger partial charge in [0, 0.05) is 11.6 Å². The molecule has 0 unspecified atom stereocenters. The van der Waals surface area contributed by atoms with Crippen LogP contribution in [0.4, 0.5) is 4.39 Å². The topological polar surface area (TPSA) is 66.4 Å². The Labute approximate surface area is 126 Å². The van der Waals surface area contributed by atoms with Crippen molar-refractivity contribution >= 4 is 29.6 Å². The van der Waals surface area contributed by atoms with E-state index >= 15 is 0 Å². The van der Waals surface area contributed by atoms with Crippen LogP contribution in [0.3, 0.4) is 0 Å². The number of rotatable bonds is 5. The van der Waals surface area contributed by atoms with Crippen molar-refractivity contribution in [2.24, 2.45) is 0 Å². The lowest BCUT2D eigenvalue weighted by Crippen LogP contribution is -2.54. The number of carbonyl (C=O) groups is 2. The minimum atomic E-state index is -0.948. The third-order valence-corrected chi connectivity index (χ3v) is 3.92. The second kappa shape index (κ2) is 6.26. The largest absolute Gasteiger partial charge is 0.481 e. The highest BCUT2D eigenvalue weighted by Crippen LogP contribution is 2.34. The SMILES string of the molecule is O=C(O)CC1(NC(=O)C=Cc2c(F)cccc2Cl)CCC1. The van der Waals surface area contributed by atoms with Gasteiger partial charge in [0.2, 0.25) is 5.91 Å². The molecule has 1 fully saturated rings. The summed E-state index contributed by atoms with van der Waals surface area (Å²) in [4.78, 5) is 22.7. The Hall–Kier alpha value is -1.88. The molecule has 0 aliphatic heterocycles. The van der Waals surface area contributed by atoms with Crippen LogP contribution in [-0.2, 0) is 9.59 Å². The summed E-state index contributed by atoms with van der Waals surface area (Å²) in [5.74, 6) is -1.91. The van der Waals surface area contributed by atoms with Crippen molar-refractivity contribution in [1.82, 2.24) is 5.32 Å². The zero-order valence-electron chi connectivity index (χ0n) is 11.2. The van der Waals surface area contributed by atoms with E-state index in [1.165, 1.54) is 30.4 Å². The summed E-state index contributed by atoms with van der Waals surface area (Å²) in [5, 5.41) is 11.8. The van der Waals surface area contributed by atoms with Crippen LogP contribution in [0.2, 0.25) is 5.02 Å². The van der Waals surface area contributed by atoms with Gasteiger partial charge in [0.1, 0.15) is 5.82 Å². The third-order valence-electron chi connectivity index (χ3n) is 3.59. The highest BCUT2D eigenvalue weighted by Gasteiger charge is 2.39. The molecule has 6 heteroatoms. The Morgan fingerprint density at radius 3 is 2.67 bits per heavy atom. The van der Waals surface area contributed by atoms with Crippen molar-refractivity contribution in [3.63, 3.8) is 0 Å². The number of carboxylic acid groups (broad SMARTS) is 1. The summed E-state index contributed by atoms with van der Waals surface area (Å²) in [6, 6.07) is 4.26. The number of halogens is 2. The molecule has 0 aromatic heterocycles. The molecular formula is C15H15ClFNO3. The van der Waals surface area contributed by atoms with Crippen LogP contribution in [0.25, 0.3) is 6.08 Å². The second-order valence-electron chi connectivity index (χ2n) is 5.16. The Morgan fingerprint density at radius 2 is 2.14 bits per heavy atom. The molecule has 0 heterocycles. The van der Waals surface area contributed by atoms with Crippen LogP contribution in [0.5, 0.6) is 0 Å². The van der Waals surface area contributed by atoms with Gasteiger partial charge in [0.05, 0.1) is 17.0 Å². The monoisotopic (exact) mass is 311 g/mol. The normalized spacial score (nSPS) is 16.5. The number of carboxylic acids is 1. The minimum Gasteiger partial charge on any atom is -0.481 e. The van der Waals surface area contributed by atoms with Gasteiger partial charge in [-0.1, -0.05) is 17.7 Å². The predicted octanol–water partition coefficient (Wildman–Crippen LogP) is 3.01. The molecule has 1 amide bonds. The predicted molar refractivity (Wildman–Crippen MR) is 77.4 cm³/mol. The molecule has 1 aromatic carbocycles. The van der Waals surface area contributed by atoms with E-state index in [0.29, 0.717) is 12.8 Å². The fraction of sp³-hybridized carbons (Fsp3) is 0.333. The van der Waals surface area contributed by atoms with Gasteiger partial charge in [-0.2, -0.15) is 0 Å². The number of benzene rings is 1. The standard InChI is InChI=1S/C15H15ClFNO3/c16-11-3-1-4-12(17)10(11)5-6-13(19)18-15(7-2-8-15)9-14(20)21/h1,3-6H,2,7-9H2,(H,18,19)(H,20,21). The molecule has 21 heavy (non-hydrogen) atoms. The van der Waals surface area contributed by atoms with E-state index in [9.17, 15) is 14.0 Å². The zero-order chi connectivity index (χ0) is 15.5. The summed E-state index contributed by atoms with van der Waals surface area (Å²) in [5.41, 5.74) is -0.540. The lowest BCUT2D eigenvalue weighted by atomic mass is 9.74. The fourth-order valence-electron chi connectivity index (χ4n) is 2.37. The molecular weight excluding hydrogens is 297 g/mol. The second-order valence-corrected chi connectivity index (χ2v) is 5.57. The van der Waals surface area contributed by atoms with Crippen molar-refractivity contribution in [2.45, 2.75) is 31.2 Å². The number of amides is 1. The first-order valence-corrected chi connectivity index (χ1v) is 6.96.